The maximum Gasteiger partial charge on any atom is 0.425 e. The van der Waals surface area contributed by atoms with Gasteiger partial charge in [0.1, 0.15) is 5.82 Å². The van der Waals surface area contributed by atoms with Crippen LogP contribution in [0.25, 0.3) is 6.08 Å². The van der Waals surface area contributed by atoms with E-state index in [0.717, 1.165) is 30.3 Å². The molecule has 1 unspecified atom stereocenters. The molecule has 0 aliphatic heterocycles. The van der Waals surface area contributed by atoms with Crippen LogP contribution in [-0.2, 0) is 5.60 Å². The van der Waals surface area contributed by atoms with Crippen LogP contribution in [-0.4, -0.2) is 16.2 Å². The maximum atomic E-state index is 13.5. The average Bonchev–Trinajstić information content (AvgIpc) is 2.52. The van der Waals surface area contributed by atoms with Crippen molar-refractivity contribution in [1.82, 2.24) is 0 Å². The van der Waals surface area contributed by atoms with Gasteiger partial charge in [-0.15, -0.1) is 0 Å². The van der Waals surface area contributed by atoms with Gasteiger partial charge in [-0.1, -0.05) is 36.4 Å². The van der Waals surface area contributed by atoms with Gasteiger partial charge in [0.15, 0.2) is 0 Å². The number of benzene rings is 2. The molecule has 0 fully saturated rings. The maximum absolute atomic E-state index is 13.5. The minimum absolute atomic E-state index is 0.196. The molecule has 0 radical (unpaired) electrons. The van der Waals surface area contributed by atoms with E-state index >= 15 is 0 Å². The summed E-state index contributed by atoms with van der Waals surface area (Å²) in [4.78, 5) is 9.94. The Morgan fingerprint density at radius 2 is 1.62 bits per heavy atom. The molecule has 2 aromatic rings. The van der Waals surface area contributed by atoms with Crippen LogP contribution >= 0.6 is 0 Å². The molecule has 24 heavy (non-hydrogen) atoms. The van der Waals surface area contributed by atoms with Gasteiger partial charge in [-0.3, -0.25) is 10.1 Å². The van der Waals surface area contributed by atoms with E-state index < -0.39 is 33.8 Å². The number of alkyl halides is 3. The van der Waals surface area contributed by atoms with E-state index in [1.807, 2.05) is 0 Å². The number of aliphatic hydroxyl groups is 1. The van der Waals surface area contributed by atoms with Crippen LogP contribution in [0.2, 0.25) is 0 Å². The van der Waals surface area contributed by atoms with E-state index in [0.29, 0.717) is 6.08 Å². The Bertz CT molecular complexity index is 789. The van der Waals surface area contributed by atoms with Crippen molar-refractivity contribution in [2.24, 2.45) is 0 Å². The van der Waals surface area contributed by atoms with Gasteiger partial charge in [0.2, 0.25) is 5.60 Å². The molecule has 0 spiro atoms. The molecular weight excluding hydrogens is 330 g/mol. The summed E-state index contributed by atoms with van der Waals surface area (Å²) in [5, 5.41) is 21.1. The molecule has 0 amide bonds. The molecule has 2 aromatic carbocycles. The Balaban J connectivity index is 2.61. The lowest BCUT2D eigenvalue weighted by atomic mass is 9.90. The first-order chi connectivity index (χ1) is 11.2. The quantitative estimate of drug-likeness (QED) is 0.515. The molecule has 0 aliphatic rings. The lowest BCUT2D eigenvalue weighted by Crippen LogP contribution is -2.41. The highest BCUT2D eigenvalue weighted by molar-refractivity contribution is 5.55. The molecule has 1 atom stereocenters. The van der Waals surface area contributed by atoms with E-state index in [-0.39, 0.29) is 5.56 Å². The highest BCUT2D eigenvalue weighted by atomic mass is 19.4. The van der Waals surface area contributed by atoms with Gasteiger partial charge in [0, 0.05) is 11.6 Å². The van der Waals surface area contributed by atoms with Crippen molar-refractivity contribution >= 4 is 11.8 Å². The van der Waals surface area contributed by atoms with E-state index in [1.54, 1.807) is 0 Å². The predicted molar refractivity (Wildman–Crippen MR) is 78.5 cm³/mol. The number of nitro groups is 1. The third-order valence-corrected chi connectivity index (χ3v) is 3.35. The van der Waals surface area contributed by atoms with E-state index in [4.69, 9.17) is 0 Å². The van der Waals surface area contributed by atoms with Crippen molar-refractivity contribution in [3.63, 3.8) is 0 Å². The highest BCUT2D eigenvalue weighted by Crippen LogP contribution is 2.43. The zero-order chi connectivity index (χ0) is 18.0. The molecule has 1 N–H and O–H groups in total. The third kappa shape index (κ3) is 3.28. The van der Waals surface area contributed by atoms with Crippen molar-refractivity contribution in [3.05, 3.63) is 81.7 Å². The Morgan fingerprint density at radius 3 is 2.21 bits per heavy atom. The fourth-order valence-electron chi connectivity index (χ4n) is 2.11. The summed E-state index contributed by atoms with van der Waals surface area (Å²) in [5.74, 6) is -0.791. The van der Waals surface area contributed by atoms with E-state index in [1.165, 1.54) is 24.3 Å². The Hall–Kier alpha value is -2.74. The molecule has 0 aliphatic carbocycles. The summed E-state index contributed by atoms with van der Waals surface area (Å²) in [6.45, 7) is 0. The fraction of sp³-hybridized carbons (Fsp3) is 0.125. The number of hydrogen-bond donors (Lipinski definition) is 1. The lowest BCUT2D eigenvalue weighted by Gasteiger charge is -2.27. The Morgan fingerprint density at radius 1 is 1.04 bits per heavy atom. The van der Waals surface area contributed by atoms with Gasteiger partial charge in [0.05, 0.1) is 10.5 Å². The Kier molecular flexibility index (Phi) is 4.70. The summed E-state index contributed by atoms with van der Waals surface area (Å²) in [7, 11) is 0. The second-order valence-corrected chi connectivity index (χ2v) is 4.89. The first-order valence-electron chi connectivity index (χ1n) is 6.63. The molecule has 0 saturated carbocycles. The van der Waals surface area contributed by atoms with Crippen molar-refractivity contribution in [2.45, 2.75) is 11.8 Å². The van der Waals surface area contributed by atoms with Crippen molar-refractivity contribution in [2.75, 3.05) is 0 Å². The van der Waals surface area contributed by atoms with Crippen LogP contribution in [0.15, 0.2) is 54.6 Å². The lowest BCUT2D eigenvalue weighted by molar-refractivity contribution is -0.388. The topological polar surface area (TPSA) is 63.4 Å². The van der Waals surface area contributed by atoms with E-state index in [9.17, 15) is 32.8 Å². The predicted octanol–water partition coefficient (Wildman–Crippen LogP) is 4.20. The van der Waals surface area contributed by atoms with Gasteiger partial charge < -0.3 is 5.11 Å². The zero-order valence-corrected chi connectivity index (χ0v) is 12.0. The summed E-state index contributed by atoms with van der Waals surface area (Å²) in [5.41, 5.74) is -5.68. The van der Waals surface area contributed by atoms with E-state index in [2.05, 4.69) is 0 Å². The zero-order valence-electron chi connectivity index (χ0n) is 12.0. The summed E-state index contributed by atoms with van der Waals surface area (Å²) < 4.78 is 53.8. The largest absolute Gasteiger partial charge is 0.425 e. The first kappa shape index (κ1) is 17.6. The molecule has 0 aromatic heterocycles. The fourth-order valence-corrected chi connectivity index (χ4v) is 2.11. The van der Waals surface area contributed by atoms with Gasteiger partial charge in [0.25, 0.3) is 5.69 Å². The number of hydrogen-bond acceptors (Lipinski definition) is 3. The second-order valence-electron chi connectivity index (χ2n) is 4.89. The van der Waals surface area contributed by atoms with Crippen LogP contribution in [0.3, 0.4) is 0 Å². The Labute approximate surface area is 133 Å². The van der Waals surface area contributed by atoms with Crippen LogP contribution < -0.4 is 0 Å². The normalized spacial score (nSPS) is 14.5. The smallest absolute Gasteiger partial charge is 0.372 e. The molecule has 126 valence electrons. The minimum atomic E-state index is -5.25. The second kappa shape index (κ2) is 6.40. The standard InChI is InChI=1S/C16H11F4NO3/c17-13-7-3-1-5-11(13)9-10-15(22,16(18,19)20)12-6-2-4-8-14(12)21(23)24/h1-10,22H. The first-order valence-corrected chi connectivity index (χ1v) is 6.63. The number of nitrogens with zero attached hydrogens (tertiary/aromatic N) is 1. The van der Waals surface area contributed by atoms with Gasteiger partial charge in [-0.2, -0.15) is 13.2 Å². The molecule has 0 heterocycles. The SMILES string of the molecule is O=[N+]([O-])c1ccccc1C(O)(C=Cc1ccccc1F)C(F)(F)F. The molecule has 4 nitrogen and oxygen atoms in total. The number of halogens is 4. The molecule has 0 bridgehead atoms. The minimum Gasteiger partial charge on any atom is -0.372 e. The van der Waals surface area contributed by atoms with Crippen molar-refractivity contribution < 1.29 is 27.6 Å². The number of rotatable bonds is 4. The van der Waals surface area contributed by atoms with Crippen LogP contribution in [0, 0.1) is 15.9 Å². The van der Waals surface area contributed by atoms with Crippen molar-refractivity contribution in [3.8, 4) is 0 Å². The van der Waals surface area contributed by atoms with Crippen LogP contribution in [0.5, 0.6) is 0 Å². The molecular formula is C16H11F4NO3. The third-order valence-electron chi connectivity index (χ3n) is 3.35. The number of para-hydroxylation sites is 1. The van der Waals surface area contributed by atoms with Gasteiger partial charge in [-0.05, 0) is 18.2 Å². The number of nitro benzene ring substituents is 1. The summed E-state index contributed by atoms with van der Waals surface area (Å²) in [6.07, 6.45) is -4.21. The average molecular weight is 341 g/mol. The highest BCUT2D eigenvalue weighted by Gasteiger charge is 2.55. The summed E-state index contributed by atoms with van der Waals surface area (Å²) >= 11 is 0. The van der Waals surface area contributed by atoms with Crippen LogP contribution in [0.4, 0.5) is 23.2 Å². The summed E-state index contributed by atoms with van der Waals surface area (Å²) in [6, 6.07) is 8.97. The molecule has 8 heteroatoms. The van der Waals surface area contributed by atoms with Gasteiger partial charge >= 0.3 is 6.18 Å². The monoisotopic (exact) mass is 341 g/mol. The van der Waals surface area contributed by atoms with Gasteiger partial charge in [-0.25, -0.2) is 4.39 Å². The molecule has 2 rings (SSSR count). The molecule has 0 saturated heterocycles. The van der Waals surface area contributed by atoms with Crippen LogP contribution in [0.1, 0.15) is 11.1 Å². The van der Waals surface area contributed by atoms with Crippen molar-refractivity contribution in [1.29, 1.82) is 0 Å².